The van der Waals surface area contributed by atoms with Crippen molar-refractivity contribution in [2.24, 2.45) is 0 Å². The van der Waals surface area contributed by atoms with E-state index in [0.29, 0.717) is 28.1 Å². The van der Waals surface area contributed by atoms with E-state index in [0.717, 1.165) is 10.3 Å². The molecule has 1 heterocycles. The van der Waals surface area contributed by atoms with E-state index in [1.165, 1.54) is 24.3 Å². The number of rotatable bonds is 4. The molecular formula is C20H19FN2O2S. The van der Waals surface area contributed by atoms with Gasteiger partial charge in [0.1, 0.15) is 5.82 Å². The van der Waals surface area contributed by atoms with E-state index in [9.17, 15) is 14.0 Å². The van der Waals surface area contributed by atoms with Gasteiger partial charge in [-0.15, -0.1) is 11.3 Å². The first kappa shape index (κ1) is 18.1. The number of amides is 2. The van der Waals surface area contributed by atoms with E-state index in [2.05, 4.69) is 5.32 Å². The molecule has 2 aromatic carbocycles. The number of fused-ring (bicyclic) bond motifs is 1. The third-order valence-corrected chi connectivity index (χ3v) is 5.51. The molecule has 0 saturated heterocycles. The lowest BCUT2D eigenvalue weighted by Crippen LogP contribution is -2.23. The Morgan fingerprint density at radius 2 is 1.92 bits per heavy atom. The van der Waals surface area contributed by atoms with Gasteiger partial charge in [-0.1, -0.05) is 18.2 Å². The first-order valence-electron chi connectivity index (χ1n) is 8.16. The van der Waals surface area contributed by atoms with E-state index in [1.54, 1.807) is 31.0 Å². The largest absolute Gasteiger partial charge is 0.342 e. The molecule has 0 aliphatic carbocycles. The Morgan fingerprint density at radius 3 is 2.62 bits per heavy atom. The van der Waals surface area contributed by atoms with Crippen molar-refractivity contribution >= 4 is 38.9 Å². The van der Waals surface area contributed by atoms with E-state index in [-0.39, 0.29) is 17.6 Å². The van der Waals surface area contributed by atoms with Crippen molar-refractivity contribution in [3.63, 3.8) is 0 Å². The number of nitrogens with zero attached hydrogens (tertiary/aromatic N) is 1. The van der Waals surface area contributed by atoms with Gasteiger partial charge in [-0.05, 0) is 42.3 Å². The van der Waals surface area contributed by atoms with Crippen molar-refractivity contribution in [1.29, 1.82) is 0 Å². The Kier molecular flexibility index (Phi) is 5.04. The van der Waals surface area contributed by atoms with Gasteiger partial charge in [-0.25, -0.2) is 4.39 Å². The van der Waals surface area contributed by atoms with Crippen LogP contribution in [-0.2, 0) is 11.3 Å². The highest BCUT2D eigenvalue weighted by molar-refractivity contribution is 7.21. The zero-order valence-electron chi connectivity index (χ0n) is 14.8. The summed E-state index contributed by atoms with van der Waals surface area (Å²) in [7, 11) is 1.72. The quantitative estimate of drug-likeness (QED) is 0.731. The molecule has 1 aromatic heterocycles. The number of nitrogens with one attached hydrogen (secondary N) is 1. The SMILES string of the molecule is CC(=O)N(C)Cc1cccc(NC(=O)c2sc3cccc(F)c3c2C)c1. The van der Waals surface area contributed by atoms with Crippen molar-refractivity contribution in [3.05, 3.63) is 64.3 Å². The van der Waals surface area contributed by atoms with Gasteiger partial charge >= 0.3 is 0 Å². The fraction of sp³-hybridized carbons (Fsp3) is 0.200. The molecule has 4 nitrogen and oxygen atoms in total. The molecule has 3 aromatic rings. The molecule has 0 aliphatic rings. The summed E-state index contributed by atoms with van der Waals surface area (Å²) in [6.07, 6.45) is 0. The van der Waals surface area contributed by atoms with Crippen molar-refractivity contribution < 1.29 is 14.0 Å². The summed E-state index contributed by atoms with van der Waals surface area (Å²) in [5.74, 6) is -0.605. The van der Waals surface area contributed by atoms with Crippen LogP contribution < -0.4 is 5.32 Å². The molecule has 134 valence electrons. The molecule has 0 aliphatic heterocycles. The maximum atomic E-state index is 14.0. The number of benzene rings is 2. The normalized spacial score (nSPS) is 10.8. The summed E-state index contributed by atoms with van der Waals surface area (Å²) < 4.78 is 14.8. The summed E-state index contributed by atoms with van der Waals surface area (Å²) >= 11 is 1.28. The predicted octanol–water partition coefficient (Wildman–Crippen LogP) is 4.58. The van der Waals surface area contributed by atoms with Gasteiger partial charge in [0, 0.05) is 36.3 Å². The predicted molar refractivity (Wildman–Crippen MR) is 103 cm³/mol. The minimum absolute atomic E-state index is 0.0256. The average molecular weight is 370 g/mol. The van der Waals surface area contributed by atoms with Gasteiger partial charge < -0.3 is 10.2 Å². The van der Waals surface area contributed by atoms with E-state index >= 15 is 0 Å². The monoisotopic (exact) mass is 370 g/mol. The first-order valence-corrected chi connectivity index (χ1v) is 8.98. The Hall–Kier alpha value is -2.73. The summed E-state index contributed by atoms with van der Waals surface area (Å²) in [6.45, 7) is 3.73. The van der Waals surface area contributed by atoms with Crippen LogP contribution in [0.5, 0.6) is 0 Å². The Morgan fingerprint density at radius 1 is 1.19 bits per heavy atom. The molecule has 0 unspecified atom stereocenters. The smallest absolute Gasteiger partial charge is 0.266 e. The Balaban J connectivity index is 1.84. The standard InChI is InChI=1S/C20H19FN2O2S/c1-12-18-16(21)8-5-9-17(18)26-19(12)20(25)22-15-7-4-6-14(10-15)11-23(3)13(2)24/h4-10H,11H2,1-3H3,(H,22,25). The number of anilines is 1. The molecule has 0 spiro atoms. The van der Waals surface area contributed by atoms with E-state index in [4.69, 9.17) is 0 Å². The minimum atomic E-state index is -0.315. The Labute approximate surface area is 155 Å². The van der Waals surface area contributed by atoms with Gasteiger partial charge in [0.25, 0.3) is 5.91 Å². The molecule has 0 atom stereocenters. The molecule has 26 heavy (non-hydrogen) atoms. The van der Waals surface area contributed by atoms with Crippen molar-refractivity contribution in [2.75, 3.05) is 12.4 Å². The van der Waals surface area contributed by atoms with Crippen LogP contribution in [0.3, 0.4) is 0 Å². The summed E-state index contributed by atoms with van der Waals surface area (Å²) in [5, 5.41) is 3.37. The highest BCUT2D eigenvalue weighted by Crippen LogP contribution is 2.33. The minimum Gasteiger partial charge on any atom is -0.342 e. The zero-order valence-corrected chi connectivity index (χ0v) is 15.6. The van der Waals surface area contributed by atoms with Gasteiger partial charge in [0.05, 0.1) is 4.88 Å². The van der Waals surface area contributed by atoms with E-state index in [1.807, 2.05) is 24.3 Å². The van der Waals surface area contributed by atoms with Crippen LogP contribution in [0.2, 0.25) is 0 Å². The number of carbonyl (C=O) groups excluding carboxylic acids is 2. The highest BCUT2D eigenvalue weighted by Gasteiger charge is 2.18. The lowest BCUT2D eigenvalue weighted by molar-refractivity contribution is -0.128. The summed E-state index contributed by atoms with van der Waals surface area (Å²) in [5.41, 5.74) is 2.20. The molecule has 0 fully saturated rings. The summed E-state index contributed by atoms with van der Waals surface area (Å²) in [4.78, 5) is 26.1. The van der Waals surface area contributed by atoms with Gasteiger partial charge in [-0.3, -0.25) is 9.59 Å². The van der Waals surface area contributed by atoms with Crippen LogP contribution in [-0.4, -0.2) is 23.8 Å². The van der Waals surface area contributed by atoms with Crippen LogP contribution in [0.15, 0.2) is 42.5 Å². The van der Waals surface area contributed by atoms with Crippen LogP contribution in [0, 0.1) is 12.7 Å². The third kappa shape index (κ3) is 3.60. The second kappa shape index (κ2) is 7.25. The second-order valence-electron chi connectivity index (χ2n) is 6.20. The molecule has 2 amide bonds. The number of thiophene rings is 1. The van der Waals surface area contributed by atoms with Crippen molar-refractivity contribution in [1.82, 2.24) is 4.90 Å². The van der Waals surface area contributed by atoms with Gasteiger partial charge in [0.2, 0.25) is 5.91 Å². The molecule has 6 heteroatoms. The fourth-order valence-electron chi connectivity index (χ4n) is 2.79. The molecule has 1 N–H and O–H groups in total. The average Bonchev–Trinajstić information content (AvgIpc) is 2.93. The maximum absolute atomic E-state index is 14.0. The van der Waals surface area contributed by atoms with E-state index < -0.39 is 0 Å². The number of hydrogen-bond acceptors (Lipinski definition) is 3. The molecule has 0 radical (unpaired) electrons. The maximum Gasteiger partial charge on any atom is 0.266 e. The number of halogens is 1. The lowest BCUT2D eigenvalue weighted by atomic mass is 10.1. The molecule has 0 saturated carbocycles. The lowest BCUT2D eigenvalue weighted by Gasteiger charge is -2.15. The zero-order chi connectivity index (χ0) is 18.8. The highest BCUT2D eigenvalue weighted by atomic mass is 32.1. The number of aryl methyl sites for hydroxylation is 1. The third-order valence-electron chi connectivity index (χ3n) is 4.25. The van der Waals surface area contributed by atoms with Crippen molar-refractivity contribution in [3.8, 4) is 0 Å². The topological polar surface area (TPSA) is 49.4 Å². The van der Waals surface area contributed by atoms with Crippen molar-refractivity contribution in [2.45, 2.75) is 20.4 Å². The Bertz CT molecular complexity index is 997. The van der Waals surface area contributed by atoms with Gasteiger partial charge in [0.15, 0.2) is 0 Å². The summed E-state index contributed by atoms with van der Waals surface area (Å²) in [6, 6.07) is 12.2. The van der Waals surface area contributed by atoms with Crippen LogP contribution >= 0.6 is 11.3 Å². The van der Waals surface area contributed by atoms with Gasteiger partial charge in [-0.2, -0.15) is 0 Å². The first-order chi connectivity index (χ1) is 12.4. The van der Waals surface area contributed by atoms with Crippen LogP contribution in [0.1, 0.15) is 27.7 Å². The molecule has 0 bridgehead atoms. The van der Waals surface area contributed by atoms with Crippen LogP contribution in [0.25, 0.3) is 10.1 Å². The fourth-order valence-corrected chi connectivity index (χ4v) is 3.91. The number of hydrogen-bond donors (Lipinski definition) is 1. The van der Waals surface area contributed by atoms with Crippen LogP contribution in [0.4, 0.5) is 10.1 Å². The number of carbonyl (C=O) groups is 2. The second-order valence-corrected chi connectivity index (χ2v) is 7.25. The molecular weight excluding hydrogens is 351 g/mol. The molecule has 3 rings (SSSR count).